The van der Waals surface area contributed by atoms with Gasteiger partial charge in [-0.05, 0) is 26.3 Å². The summed E-state index contributed by atoms with van der Waals surface area (Å²) in [4.78, 5) is 11.9. The smallest absolute Gasteiger partial charge is 0.242 e. The Labute approximate surface area is 95.2 Å². The van der Waals surface area contributed by atoms with Gasteiger partial charge in [-0.15, -0.1) is 0 Å². The summed E-state index contributed by atoms with van der Waals surface area (Å²) in [5.74, 6) is 0.803. The van der Waals surface area contributed by atoms with Gasteiger partial charge in [-0.25, -0.2) is 0 Å². The molecule has 16 heavy (non-hydrogen) atoms. The van der Waals surface area contributed by atoms with Crippen molar-refractivity contribution in [2.24, 2.45) is 7.05 Å². The molecule has 1 unspecified atom stereocenters. The second kappa shape index (κ2) is 4.65. The quantitative estimate of drug-likeness (QED) is 0.778. The fraction of sp³-hybridized carbons (Fsp3) is 0.636. The highest BCUT2D eigenvalue weighted by Gasteiger charge is 2.21. The van der Waals surface area contributed by atoms with Gasteiger partial charge >= 0.3 is 0 Å². The van der Waals surface area contributed by atoms with Crippen molar-refractivity contribution in [1.82, 2.24) is 15.1 Å². The Balaban J connectivity index is 1.98. The molecule has 1 fully saturated rings. The van der Waals surface area contributed by atoms with E-state index in [9.17, 15) is 4.79 Å². The molecule has 1 aromatic rings. The summed E-state index contributed by atoms with van der Waals surface area (Å²) in [6.45, 7) is 2.84. The van der Waals surface area contributed by atoms with Crippen LogP contribution < -0.4 is 10.6 Å². The summed E-state index contributed by atoms with van der Waals surface area (Å²) < 4.78 is 1.69. The van der Waals surface area contributed by atoms with Gasteiger partial charge in [-0.2, -0.15) is 5.10 Å². The third-order valence-corrected chi connectivity index (χ3v) is 2.88. The van der Waals surface area contributed by atoms with E-state index >= 15 is 0 Å². The van der Waals surface area contributed by atoms with Crippen molar-refractivity contribution in [3.8, 4) is 0 Å². The van der Waals surface area contributed by atoms with Crippen molar-refractivity contribution in [3.63, 3.8) is 0 Å². The van der Waals surface area contributed by atoms with Crippen LogP contribution in [0.15, 0.2) is 6.07 Å². The summed E-state index contributed by atoms with van der Waals surface area (Å²) >= 11 is 0. The van der Waals surface area contributed by atoms with Gasteiger partial charge in [0.1, 0.15) is 5.82 Å². The van der Waals surface area contributed by atoms with Crippen molar-refractivity contribution in [3.05, 3.63) is 11.8 Å². The van der Waals surface area contributed by atoms with E-state index in [-0.39, 0.29) is 11.9 Å². The predicted molar refractivity (Wildman–Crippen MR) is 62.2 cm³/mol. The van der Waals surface area contributed by atoms with Crippen LogP contribution in [0.4, 0.5) is 5.82 Å². The maximum absolute atomic E-state index is 11.9. The molecule has 1 atom stereocenters. The summed E-state index contributed by atoms with van der Waals surface area (Å²) in [7, 11) is 1.83. The van der Waals surface area contributed by atoms with Crippen LogP contribution in [0.2, 0.25) is 0 Å². The van der Waals surface area contributed by atoms with Gasteiger partial charge in [0.2, 0.25) is 5.91 Å². The summed E-state index contributed by atoms with van der Waals surface area (Å²) in [6.07, 6.45) is 3.20. The molecule has 88 valence electrons. The zero-order valence-corrected chi connectivity index (χ0v) is 9.79. The lowest BCUT2D eigenvalue weighted by atomic mass is 10.0. The van der Waals surface area contributed by atoms with E-state index in [4.69, 9.17) is 0 Å². The number of carbonyl (C=O) groups is 1. The van der Waals surface area contributed by atoms with E-state index in [1.807, 2.05) is 20.0 Å². The predicted octanol–water partition coefficient (Wildman–Crippen LogP) is 0.809. The van der Waals surface area contributed by atoms with E-state index < -0.39 is 0 Å². The third kappa shape index (κ3) is 2.41. The van der Waals surface area contributed by atoms with Gasteiger partial charge in [-0.1, -0.05) is 6.42 Å². The highest BCUT2D eigenvalue weighted by Crippen LogP contribution is 2.12. The Morgan fingerprint density at radius 1 is 1.62 bits per heavy atom. The molecule has 1 aromatic heterocycles. The molecule has 1 aliphatic rings. The zero-order chi connectivity index (χ0) is 11.5. The molecular formula is C11H18N4O. The molecule has 0 radical (unpaired) electrons. The van der Waals surface area contributed by atoms with Gasteiger partial charge in [-0.3, -0.25) is 9.48 Å². The number of nitrogens with one attached hydrogen (secondary N) is 2. The number of rotatable bonds is 2. The Hall–Kier alpha value is -1.36. The van der Waals surface area contributed by atoms with Crippen molar-refractivity contribution < 1.29 is 4.79 Å². The van der Waals surface area contributed by atoms with E-state index in [1.165, 1.54) is 0 Å². The standard InChI is InChI=1S/C11H18N4O/c1-8-7-10(15(2)14-8)13-11(16)9-5-3-4-6-12-9/h7,9,12H,3-6H2,1-2H3,(H,13,16). The number of aryl methyl sites for hydroxylation is 2. The molecular weight excluding hydrogens is 204 g/mol. The first-order valence-corrected chi connectivity index (χ1v) is 5.72. The first-order valence-electron chi connectivity index (χ1n) is 5.72. The van der Waals surface area contributed by atoms with E-state index in [1.54, 1.807) is 4.68 Å². The Morgan fingerprint density at radius 2 is 2.44 bits per heavy atom. The summed E-state index contributed by atoms with van der Waals surface area (Å²) in [5, 5.41) is 10.3. The highest BCUT2D eigenvalue weighted by atomic mass is 16.2. The maximum Gasteiger partial charge on any atom is 0.242 e. The molecule has 0 spiro atoms. The van der Waals surface area contributed by atoms with Crippen molar-refractivity contribution in [2.75, 3.05) is 11.9 Å². The summed E-state index contributed by atoms with van der Waals surface area (Å²) in [5.41, 5.74) is 0.911. The minimum atomic E-state index is -0.0519. The number of piperidine rings is 1. The van der Waals surface area contributed by atoms with Crippen molar-refractivity contribution in [1.29, 1.82) is 0 Å². The average Bonchev–Trinajstić information content (AvgIpc) is 2.59. The van der Waals surface area contributed by atoms with Crippen LogP contribution in [0, 0.1) is 6.92 Å². The van der Waals surface area contributed by atoms with Crippen molar-refractivity contribution >= 4 is 11.7 Å². The number of amides is 1. The highest BCUT2D eigenvalue weighted by molar-refractivity contribution is 5.94. The lowest BCUT2D eigenvalue weighted by molar-refractivity contribution is -0.118. The molecule has 1 aliphatic heterocycles. The van der Waals surface area contributed by atoms with Gasteiger partial charge in [0.05, 0.1) is 11.7 Å². The summed E-state index contributed by atoms with van der Waals surface area (Å²) in [6, 6.07) is 1.82. The number of carbonyl (C=O) groups excluding carboxylic acids is 1. The first-order chi connectivity index (χ1) is 7.66. The fourth-order valence-electron chi connectivity index (χ4n) is 2.02. The lowest BCUT2D eigenvalue weighted by Crippen LogP contribution is -2.43. The molecule has 0 saturated carbocycles. The number of hydrogen-bond donors (Lipinski definition) is 2. The van der Waals surface area contributed by atoms with Gasteiger partial charge in [0.25, 0.3) is 0 Å². The van der Waals surface area contributed by atoms with Crippen LogP contribution >= 0.6 is 0 Å². The van der Waals surface area contributed by atoms with Crippen LogP contribution in [0.5, 0.6) is 0 Å². The minimum absolute atomic E-state index is 0.0442. The largest absolute Gasteiger partial charge is 0.310 e. The Kier molecular flexibility index (Phi) is 3.24. The molecule has 1 saturated heterocycles. The van der Waals surface area contributed by atoms with Gasteiger partial charge < -0.3 is 10.6 Å². The second-order valence-corrected chi connectivity index (χ2v) is 4.29. The number of anilines is 1. The van der Waals surface area contributed by atoms with Gasteiger partial charge in [0.15, 0.2) is 0 Å². The minimum Gasteiger partial charge on any atom is -0.310 e. The number of hydrogen-bond acceptors (Lipinski definition) is 3. The van der Waals surface area contributed by atoms with E-state index in [2.05, 4.69) is 15.7 Å². The van der Waals surface area contributed by atoms with Crippen LogP contribution in [-0.4, -0.2) is 28.3 Å². The van der Waals surface area contributed by atoms with Crippen molar-refractivity contribution in [2.45, 2.75) is 32.2 Å². The Morgan fingerprint density at radius 3 is 3.00 bits per heavy atom. The normalized spacial score (nSPS) is 20.8. The SMILES string of the molecule is Cc1cc(NC(=O)C2CCCCN2)n(C)n1. The van der Waals surface area contributed by atoms with Crippen LogP contribution in [-0.2, 0) is 11.8 Å². The molecule has 0 aromatic carbocycles. The Bertz CT molecular complexity index is 379. The topological polar surface area (TPSA) is 59.0 Å². The zero-order valence-electron chi connectivity index (χ0n) is 9.79. The lowest BCUT2D eigenvalue weighted by Gasteiger charge is -2.22. The fourth-order valence-corrected chi connectivity index (χ4v) is 2.02. The molecule has 1 amide bonds. The molecule has 2 heterocycles. The first kappa shape index (κ1) is 11.1. The van der Waals surface area contributed by atoms with Crippen LogP contribution in [0.25, 0.3) is 0 Å². The van der Waals surface area contributed by atoms with Crippen LogP contribution in [0.3, 0.4) is 0 Å². The maximum atomic E-state index is 11.9. The third-order valence-electron chi connectivity index (χ3n) is 2.88. The molecule has 5 heteroatoms. The van der Waals surface area contributed by atoms with E-state index in [0.717, 1.165) is 37.3 Å². The molecule has 2 rings (SSSR count). The van der Waals surface area contributed by atoms with Gasteiger partial charge in [0, 0.05) is 13.1 Å². The van der Waals surface area contributed by atoms with E-state index in [0.29, 0.717) is 0 Å². The molecule has 2 N–H and O–H groups in total. The molecule has 0 aliphatic carbocycles. The average molecular weight is 222 g/mol. The van der Waals surface area contributed by atoms with Crippen LogP contribution in [0.1, 0.15) is 25.0 Å². The molecule has 0 bridgehead atoms. The number of aromatic nitrogens is 2. The molecule has 5 nitrogen and oxygen atoms in total. The number of nitrogens with zero attached hydrogens (tertiary/aromatic N) is 2. The second-order valence-electron chi connectivity index (χ2n) is 4.29. The monoisotopic (exact) mass is 222 g/mol.